The molecule has 5 heteroatoms. The summed E-state index contributed by atoms with van der Waals surface area (Å²) in [5.74, 6) is 0.528. The van der Waals surface area contributed by atoms with Gasteiger partial charge in [-0.05, 0) is 23.8 Å². The summed E-state index contributed by atoms with van der Waals surface area (Å²) in [5, 5.41) is 0. The van der Waals surface area contributed by atoms with Gasteiger partial charge in [0, 0.05) is 6.07 Å². The molecule has 0 aromatic heterocycles. The molecule has 2 aromatic carbocycles. The van der Waals surface area contributed by atoms with Gasteiger partial charge in [0.2, 0.25) is 6.79 Å². The fourth-order valence-corrected chi connectivity index (χ4v) is 1.91. The number of esters is 1. The molecule has 0 spiro atoms. The van der Waals surface area contributed by atoms with Crippen LogP contribution in [0.4, 0.5) is 4.39 Å². The number of rotatable bonds is 3. The van der Waals surface area contributed by atoms with Crippen molar-refractivity contribution in [2.24, 2.45) is 0 Å². The topological polar surface area (TPSA) is 44.8 Å². The van der Waals surface area contributed by atoms with Gasteiger partial charge < -0.3 is 14.2 Å². The summed E-state index contributed by atoms with van der Waals surface area (Å²) in [5.41, 5.74) is 0.304. The maximum absolute atomic E-state index is 13.4. The molecule has 2 aromatic rings. The lowest BCUT2D eigenvalue weighted by Crippen LogP contribution is -2.12. The number of hydrogen-bond acceptors (Lipinski definition) is 4. The summed E-state index contributed by atoms with van der Waals surface area (Å²) in [4.78, 5) is 11.8. The Hall–Kier alpha value is -2.56. The van der Waals surface area contributed by atoms with Crippen molar-refractivity contribution in [3.8, 4) is 17.2 Å². The van der Waals surface area contributed by atoms with E-state index in [-0.39, 0.29) is 13.2 Å². The van der Waals surface area contributed by atoms with Gasteiger partial charge in [-0.1, -0.05) is 18.2 Å². The van der Waals surface area contributed by atoms with Crippen LogP contribution in [0, 0.1) is 5.82 Å². The predicted octanol–water partition coefficient (Wildman–Crippen LogP) is 2.70. The molecule has 0 saturated carbocycles. The van der Waals surface area contributed by atoms with Crippen molar-refractivity contribution in [3.05, 3.63) is 53.8 Å². The smallest absolute Gasteiger partial charge is 0.315 e. The van der Waals surface area contributed by atoms with E-state index in [0.29, 0.717) is 22.8 Å². The minimum absolute atomic E-state index is 0.124. The number of carbonyl (C=O) groups excluding carboxylic acids is 1. The van der Waals surface area contributed by atoms with Crippen molar-refractivity contribution in [1.82, 2.24) is 0 Å². The van der Waals surface area contributed by atoms with E-state index in [9.17, 15) is 9.18 Å². The number of benzene rings is 2. The summed E-state index contributed by atoms with van der Waals surface area (Å²) in [6.07, 6.45) is -0.124. The standard InChI is InChI=1S/C15H11FO4/c16-12-4-2-1-3-10(12)7-15(17)20-11-5-6-13-14(8-11)19-9-18-13/h1-6,8H,7,9H2. The van der Waals surface area contributed by atoms with E-state index in [1.807, 2.05) is 0 Å². The fourth-order valence-electron chi connectivity index (χ4n) is 1.91. The summed E-state index contributed by atoms with van der Waals surface area (Å²) < 4.78 is 28.9. The summed E-state index contributed by atoms with van der Waals surface area (Å²) in [6.45, 7) is 0.155. The summed E-state index contributed by atoms with van der Waals surface area (Å²) >= 11 is 0. The molecule has 3 rings (SSSR count). The Labute approximate surface area is 114 Å². The molecule has 4 nitrogen and oxygen atoms in total. The number of halogens is 1. The average Bonchev–Trinajstić information content (AvgIpc) is 2.89. The van der Waals surface area contributed by atoms with Crippen LogP contribution in [0.25, 0.3) is 0 Å². The van der Waals surface area contributed by atoms with Crippen LogP contribution >= 0.6 is 0 Å². The zero-order valence-corrected chi connectivity index (χ0v) is 10.5. The zero-order chi connectivity index (χ0) is 13.9. The molecule has 1 aliphatic rings. The number of ether oxygens (including phenoxy) is 3. The molecule has 1 aliphatic heterocycles. The Balaban J connectivity index is 1.69. The number of carbonyl (C=O) groups is 1. The lowest BCUT2D eigenvalue weighted by molar-refractivity contribution is -0.133. The van der Waals surface area contributed by atoms with Crippen LogP contribution in [0.5, 0.6) is 17.2 Å². The SMILES string of the molecule is O=C(Cc1ccccc1F)Oc1ccc2c(c1)OCO2. The Morgan fingerprint density at radius 2 is 1.95 bits per heavy atom. The Bertz CT molecular complexity index is 654. The van der Waals surface area contributed by atoms with E-state index in [1.54, 1.807) is 36.4 Å². The van der Waals surface area contributed by atoms with Gasteiger partial charge in [-0.2, -0.15) is 0 Å². The normalized spacial score (nSPS) is 12.2. The van der Waals surface area contributed by atoms with Gasteiger partial charge >= 0.3 is 5.97 Å². The van der Waals surface area contributed by atoms with Gasteiger partial charge in [0.1, 0.15) is 11.6 Å². The van der Waals surface area contributed by atoms with Crippen molar-refractivity contribution in [2.45, 2.75) is 6.42 Å². The van der Waals surface area contributed by atoms with Crippen LogP contribution in [0.15, 0.2) is 42.5 Å². The first-order valence-electron chi connectivity index (χ1n) is 6.06. The molecule has 0 unspecified atom stereocenters. The molecule has 0 N–H and O–H groups in total. The molecule has 0 atom stereocenters. The molecular formula is C15H11FO4. The van der Waals surface area contributed by atoms with Crippen LogP contribution in [0.3, 0.4) is 0 Å². The third-order valence-electron chi connectivity index (χ3n) is 2.87. The highest BCUT2D eigenvalue weighted by atomic mass is 19.1. The van der Waals surface area contributed by atoms with Gasteiger partial charge in [0.05, 0.1) is 6.42 Å². The summed E-state index contributed by atoms with van der Waals surface area (Å²) in [7, 11) is 0. The van der Waals surface area contributed by atoms with Crippen LogP contribution in [0.1, 0.15) is 5.56 Å². The van der Waals surface area contributed by atoms with Gasteiger partial charge in [-0.3, -0.25) is 4.79 Å². The molecule has 0 saturated heterocycles. The van der Waals surface area contributed by atoms with Crippen molar-refractivity contribution >= 4 is 5.97 Å². The Kier molecular flexibility index (Phi) is 3.25. The highest BCUT2D eigenvalue weighted by Crippen LogP contribution is 2.35. The zero-order valence-electron chi connectivity index (χ0n) is 10.5. The lowest BCUT2D eigenvalue weighted by atomic mass is 10.1. The quantitative estimate of drug-likeness (QED) is 0.637. The van der Waals surface area contributed by atoms with Gasteiger partial charge in [-0.25, -0.2) is 4.39 Å². The first kappa shape index (κ1) is 12.5. The third kappa shape index (κ3) is 2.56. The van der Waals surface area contributed by atoms with Gasteiger partial charge in [-0.15, -0.1) is 0 Å². The molecular weight excluding hydrogens is 263 g/mol. The van der Waals surface area contributed by atoms with E-state index >= 15 is 0 Å². The van der Waals surface area contributed by atoms with Crippen molar-refractivity contribution in [3.63, 3.8) is 0 Å². The molecule has 0 amide bonds. The highest BCUT2D eigenvalue weighted by Gasteiger charge is 2.16. The predicted molar refractivity (Wildman–Crippen MR) is 68.3 cm³/mol. The van der Waals surface area contributed by atoms with Crippen LogP contribution in [-0.2, 0) is 11.2 Å². The summed E-state index contributed by atoms with van der Waals surface area (Å²) in [6, 6.07) is 10.9. The van der Waals surface area contributed by atoms with Gasteiger partial charge in [0.25, 0.3) is 0 Å². The second-order valence-electron chi connectivity index (χ2n) is 4.26. The largest absolute Gasteiger partial charge is 0.454 e. The lowest BCUT2D eigenvalue weighted by Gasteiger charge is -2.06. The van der Waals surface area contributed by atoms with E-state index in [0.717, 1.165) is 0 Å². The third-order valence-corrected chi connectivity index (χ3v) is 2.87. The van der Waals surface area contributed by atoms with Crippen molar-refractivity contribution in [2.75, 3.05) is 6.79 Å². The van der Waals surface area contributed by atoms with Crippen LogP contribution < -0.4 is 14.2 Å². The fraction of sp³-hybridized carbons (Fsp3) is 0.133. The Morgan fingerprint density at radius 3 is 2.80 bits per heavy atom. The van der Waals surface area contributed by atoms with E-state index < -0.39 is 11.8 Å². The monoisotopic (exact) mass is 274 g/mol. The molecule has 0 radical (unpaired) electrons. The molecule has 0 bridgehead atoms. The first-order chi connectivity index (χ1) is 9.72. The maximum Gasteiger partial charge on any atom is 0.315 e. The maximum atomic E-state index is 13.4. The Morgan fingerprint density at radius 1 is 1.15 bits per heavy atom. The van der Waals surface area contributed by atoms with Crippen molar-refractivity contribution in [1.29, 1.82) is 0 Å². The number of fused-ring (bicyclic) bond motifs is 1. The van der Waals surface area contributed by atoms with E-state index in [4.69, 9.17) is 14.2 Å². The van der Waals surface area contributed by atoms with Crippen LogP contribution in [-0.4, -0.2) is 12.8 Å². The molecule has 0 aliphatic carbocycles. The molecule has 102 valence electrons. The first-order valence-corrected chi connectivity index (χ1v) is 6.06. The molecule has 0 fully saturated rings. The molecule has 20 heavy (non-hydrogen) atoms. The average molecular weight is 274 g/mol. The second-order valence-corrected chi connectivity index (χ2v) is 4.26. The van der Waals surface area contributed by atoms with E-state index in [2.05, 4.69) is 0 Å². The molecule has 1 heterocycles. The second kappa shape index (κ2) is 5.21. The van der Waals surface area contributed by atoms with Crippen LogP contribution in [0.2, 0.25) is 0 Å². The minimum Gasteiger partial charge on any atom is -0.454 e. The highest BCUT2D eigenvalue weighted by molar-refractivity contribution is 5.75. The van der Waals surface area contributed by atoms with E-state index in [1.165, 1.54) is 6.07 Å². The van der Waals surface area contributed by atoms with Gasteiger partial charge in [0.15, 0.2) is 11.5 Å². The minimum atomic E-state index is -0.533. The number of hydrogen-bond donors (Lipinski definition) is 0. The van der Waals surface area contributed by atoms with Crippen molar-refractivity contribution < 1.29 is 23.4 Å².